The van der Waals surface area contributed by atoms with Crippen LogP contribution in [0.5, 0.6) is 5.75 Å². The van der Waals surface area contributed by atoms with Crippen molar-refractivity contribution in [1.29, 1.82) is 0 Å². The monoisotopic (exact) mass is 402 g/mol. The van der Waals surface area contributed by atoms with E-state index in [0.29, 0.717) is 27.8 Å². The van der Waals surface area contributed by atoms with Crippen molar-refractivity contribution in [2.45, 2.75) is 26.3 Å². The summed E-state index contributed by atoms with van der Waals surface area (Å²) in [6.07, 6.45) is 2.33. The number of carbonyl (C=O) groups excluding carboxylic acids is 1. The fourth-order valence-corrected chi connectivity index (χ4v) is 3.12. The number of phenolic OH excluding ortho intramolecular Hbond substituents is 1. The molecule has 0 aliphatic heterocycles. The number of nitrogens with zero attached hydrogens (tertiary/aromatic N) is 4. The van der Waals surface area contributed by atoms with Crippen molar-refractivity contribution in [3.63, 3.8) is 0 Å². The third-order valence-corrected chi connectivity index (χ3v) is 4.88. The molecule has 0 saturated carbocycles. The summed E-state index contributed by atoms with van der Waals surface area (Å²) in [7, 11) is 0. The Morgan fingerprint density at radius 2 is 1.97 bits per heavy atom. The van der Waals surface area contributed by atoms with Gasteiger partial charge in [-0.25, -0.2) is 9.97 Å². The highest BCUT2D eigenvalue weighted by Gasteiger charge is 2.24. The topological polar surface area (TPSA) is 118 Å². The molecule has 0 aliphatic rings. The minimum atomic E-state index is -0.317. The van der Waals surface area contributed by atoms with E-state index < -0.39 is 0 Å². The summed E-state index contributed by atoms with van der Waals surface area (Å²) in [4.78, 5) is 22.3. The van der Waals surface area contributed by atoms with Gasteiger partial charge in [-0.05, 0) is 43.2 Å². The lowest BCUT2D eigenvalue weighted by atomic mass is 10.2. The Morgan fingerprint density at radius 3 is 2.67 bits per heavy atom. The van der Waals surface area contributed by atoms with Crippen molar-refractivity contribution in [3.8, 4) is 5.75 Å². The van der Waals surface area contributed by atoms with Crippen LogP contribution in [0.1, 0.15) is 36.2 Å². The first-order valence-corrected chi connectivity index (χ1v) is 9.69. The summed E-state index contributed by atoms with van der Waals surface area (Å²) in [6.45, 7) is 3.92. The van der Waals surface area contributed by atoms with Gasteiger partial charge in [0.05, 0.1) is 17.2 Å². The fourth-order valence-electron chi connectivity index (χ4n) is 3.12. The van der Waals surface area contributed by atoms with E-state index >= 15 is 0 Å². The molecule has 2 heterocycles. The van der Waals surface area contributed by atoms with Crippen LogP contribution in [0.25, 0.3) is 22.2 Å². The SMILES string of the molecule is CCC(C)NC(=O)c1c(N)n(N=Cc2cccc(O)c2)c2nc3ccccc3nc12. The van der Waals surface area contributed by atoms with Crippen molar-refractivity contribution in [2.24, 2.45) is 5.10 Å². The Labute approximate surface area is 173 Å². The van der Waals surface area contributed by atoms with E-state index in [-0.39, 0.29) is 29.1 Å². The number of hydrogen-bond acceptors (Lipinski definition) is 6. The van der Waals surface area contributed by atoms with Crippen molar-refractivity contribution in [2.75, 3.05) is 5.73 Å². The number of nitrogens with one attached hydrogen (secondary N) is 1. The summed E-state index contributed by atoms with van der Waals surface area (Å²) in [5, 5.41) is 17.0. The van der Waals surface area contributed by atoms with E-state index in [1.807, 2.05) is 38.1 Å². The Morgan fingerprint density at radius 1 is 1.23 bits per heavy atom. The highest BCUT2D eigenvalue weighted by molar-refractivity contribution is 6.10. The first-order chi connectivity index (χ1) is 14.5. The second-order valence-electron chi connectivity index (χ2n) is 7.08. The zero-order chi connectivity index (χ0) is 21.3. The van der Waals surface area contributed by atoms with Gasteiger partial charge in [-0.1, -0.05) is 31.2 Å². The molecule has 4 aromatic rings. The van der Waals surface area contributed by atoms with Crippen LogP contribution in [-0.4, -0.2) is 37.9 Å². The first-order valence-electron chi connectivity index (χ1n) is 9.69. The lowest BCUT2D eigenvalue weighted by molar-refractivity contribution is 0.0941. The Balaban J connectivity index is 1.91. The first kappa shape index (κ1) is 19.4. The van der Waals surface area contributed by atoms with Crippen LogP contribution in [-0.2, 0) is 0 Å². The summed E-state index contributed by atoms with van der Waals surface area (Å²) in [5.74, 6) is -0.0380. The molecule has 0 fully saturated rings. The molecule has 0 aliphatic carbocycles. The minimum Gasteiger partial charge on any atom is -0.508 e. The fraction of sp³-hybridized carbons (Fsp3) is 0.182. The van der Waals surface area contributed by atoms with Crippen LogP contribution in [0.4, 0.5) is 5.82 Å². The van der Waals surface area contributed by atoms with Gasteiger partial charge in [0.2, 0.25) is 0 Å². The van der Waals surface area contributed by atoms with Crippen LogP contribution in [0.3, 0.4) is 0 Å². The van der Waals surface area contributed by atoms with E-state index in [4.69, 9.17) is 5.73 Å². The molecule has 0 saturated heterocycles. The quantitative estimate of drug-likeness (QED) is 0.443. The number of benzene rings is 2. The largest absolute Gasteiger partial charge is 0.508 e. The normalized spacial score (nSPS) is 12.6. The summed E-state index contributed by atoms with van der Waals surface area (Å²) in [6, 6.07) is 14.0. The van der Waals surface area contributed by atoms with E-state index in [9.17, 15) is 9.90 Å². The van der Waals surface area contributed by atoms with Crippen LogP contribution in [0.2, 0.25) is 0 Å². The van der Waals surface area contributed by atoms with Crippen LogP contribution < -0.4 is 11.1 Å². The maximum atomic E-state index is 13.0. The standard InChI is InChI=1S/C22H22N6O2/c1-3-13(2)25-22(30)18-19-21(27-17-10-5-4-9-16(17)26-19)28(20(18)23)24-12-14-7-6-8-15(29)11-14/h4-13,29H,3,23H2,1-2H3,(H,25,30). The van der Waals surface area contributed by atoms with Gasteiger partial charge in [0, 0.05) is 6.04 Å². The second kappa shape index (κ2) is 7.82. The Bertz CT molecular complexity index is 1280. The molecule has 4 N–H and O–H groups in total. The summed E-state index contributed by atoms with van der Waals surface area (Å²) in [5.41, 5.74) is 9.38. The minimum absolute atomic E-state index is 0.0143. The number of aromatic hydroxyl groups is 1. The second-order valence-corrected chi connectivity index (χ2v) is 7.08. The van der Waals surface area contributed by atoms with Crippen LogP contribution in [0.15, 0.2) is 53.6 Å². The number of nitrogens with two attached hydrogens (primary N) is 1. The lowest BCUT2D eigenvalue weighted by Crippen LogP contribution is -2.32. The summed E-state index contributed by atoms with van der Waals surface area (Å²) < 4.78 is 1.41. The van der Waals surface area contributed by atoms with Gasteiger partial charge < -0.3 is 16.2 Å². The van der Waals surface area contributed by atoms with Gasteiger partial charge in [-0.3, -0.25) is 4.79 Å². The number of phenols is 1. The predicted octanol–water partition coefficient (Wildman–Crippen LogP) is 3.28. The van der Waals surface area contributed by atoms with Crippen molar-refractivity contribution < 1.29 is 9.90 Å². The van der Waals surface area contributed by atoms with Gasteiger partial charge in [0.25, 0.3) is 5.91 Å². The van der Waals surface area contributed by atoms with Gasteiger partial charge >= 0.3 is 0 Å². The molecule has 0 radical (unpaired) electrons. The van der Waals surface area contributed by atoms with Gasteiger partial charge in [-0.2, -0.15) is 9.78 Å². The molecular weight excluding hydrogens is 380 g/mol. The zero-order valence-corrected chi connectivity index (χ0v) is 16.7. The number of carbonyl (C=O) groups is 1. The summed E-state index contributed by atoms with van der Waals surface area (Å²) >= 11 is 0. The van der Waals surface area contributed by atoms with Gasteiger partial charge in [0.15, 0.2) is 5.65 Å². The number of para-hydroxylation sites is 2. The molecule has 8 heteroatoms. The third-order valence-electron chi connectivity index (χ3n) is 4.88. The predicted molar refractivity (Wildman–Crippen MR) is 118 cm³/mol. The smallest absolute Gasteiger partial charge is 0.257 e. The zero-order valence-electron chi connectivity index (χ0n) is 16.7. The number of nitrogen functional groups attached to an aromatic ring is 1. The van der Waals surface area contributed by atoms with Gasteiger partial charge in [0.1, 0.15) is 22.6 Å². The average Bonchev–Trinajstić information content (AvgIpc) is 3.00. The molecule has 1 amide bonds. The molecule has 4 rings (SSSR count). The van der Waals surface area contributed by atoms with E-state index in [1.165, 1.54) is 4.68 Å². The Hall–Kier alpha value is -3.94. The number of anilines is 1. The van der Waals surface area contributed by atoms with Crippen molar-refractivity contribution in [1.82, 2.24) is 20.0 Å². The Kier molecular flexibility index (Phi) is 5.05. The van der Waals surface area contributed by atoms with Crippen molar-refractivity contribution in [3.05, 3.63) is 59.7 Å². The van der Waals surface area contributed by atoms with Gasteiger partial charge in [-0.15, -0.1) is 0 Å². The van der Waals surface area contributed by atoms with E-state index in [1.54, 1.807) is 30.5 Å². The van der Waals surface area contributed by atoms with Crippen LogP contribution >= 0.6 is 0 Å². The highest BCUT2D eigenvalue weighted by atomic mass is 16.3. The number of rotatable bonds is 5. The molecule has 1 unspecified atom stereocenters. The molecule has 2 aromatic carbocycles. The number of hydrogen-bond donors (Lipinski definition) is 3. The maximum Gasteiger partial charge on any atom is 0.257 e. The number of fused-ring (bicyclic) bond motifs is 2. The molecule has 0 bridgehead atoms. The lowest BCUT2D eigenvalue weighted by Gasteiger charge is -2.11. The number of aromatic nitrogens is 3. The van der Waals surface area contributed by atoms with E-state index in [2.05, 4.69) is 20.4 Å². The molecule has 2 aromatic heterocycles. The van der Waals surface area contributed by atoms with Crippen LogP contribution in [0, 0.1) is 0 Å². The highest BCUT2D eigenvalue weighted by Crippen LogP contribution is 2.28. The average molecular weight is 402 g/mol. The molecule has 30 heavy (non-hydrogen) atoms. The third kappa shape index (κ3) is 3.55. The van der Waals surface area contributed by atoms with Crippen molar-refractivity contribution >= 4 is 40.1 Å². The molecule has 152 valence electrons. The molecule has 8 nitrogen and oxygen atoms in total. The number of amides is 1. The maximum absolute atomic E-state index is 13.0. The molecule has 1 atom stereocenters. The van der Waals surface area contributed by atoms with E-state index in [0.717, 1.165) is 6.42 Å². The molecule has 0 spiro atoms. The molecular formula is C22H22N6O2.